The van der Waals surface area contributed by atoms with E-state index in [-0.39, 0.29) is 11.9 Å². The molecule has 0 radical (unpaired) electrons. The summed E-state index contributed by atoms with van der Waals surface area (Å²) >= 11 is 3.42. The number of thiophene rings is 1. The van der Waals surface area contributed by atoms with Gasteiger partial charge in [0.15, 0.2) is 0 Å². The first-order valence-electron chi connectivity index (χ1n) is 4.46. The van der Waals surface area contributed by atoms with Gasteiger partial charge in [-0.2, -0.15) is 11.3 Å². The quantitative estimate of drug-likeness (QED) is 0.812. The first-order chi connectivity index (χ1) is 6.86. The van der Waals surface area contributed by atoms with Gasteiger partial charge >= 0.3 is 0 Å². The highest BCUT2D eigenvalue weighted by atomic mass is 32.2. The fourth-order valence-corrected chi connectivity index (χ4v) is 2.88. The molecule has 2 N–H and O–H groups in total. The number of amides is 1. The molecule has 1 amide bonds. The largest absolute Gasteiger partial charge is 0.351 e. The molecular weight excluding hydrogens is 216 g/mol. The summed E-state index contributed by atoms with van der Waals surface area (Å²) in [4.78, 5) is 11.6. The Hall–Kier alpha value is -0.520. The summed E-state index contributed by atoms with van der Waals surface area (Å²) in [5.41, 5.74) is 1.18. The number of carbonyl (C=O) groups excluding carboxylic acids is 1. The van der Waals surface area contributed by atoms with E-state index in [1.54, 1.807) is 23.1 Å². The number of nitrogens with one attached hydrogen (secondary N) is 2. The highest BCUT2D eigenvalue weighted by Crippen LogP contribution is 2.10. The van der Waals surface area contributed by atoms with Crippen LogP contribution in [0.3, 0.4) is 0 Å². The van der Waals surface area contributed by atoms with Crippen molar-refractivity contribution in [3.8, 4) is 0 Å². The number of hydrogen-bond donors (Lipinski definition) is 2. The molecule has 1 unspecified atom stereocenters. The predicted octanol–water partition coefficient (Wildman–Crippen LogP) is 1.03. The molecule has 1 aliphatic heterocycles. The second kappa shape index (κ2) is 4.82. The maximum absolute atomic E-state index is 11.6. The topological polar surface area (TPSA) is 41.1 Å². The lowest BCUT2D eigenvalue weighted by molar-refractivity contribution is -0.122. The Balaban J connectivity index is 1.77. The lowest BCUT2D eigenvalue weighted by Gasteiger charge is -2.09. The van der Waals surface area contributed by atoms with Gasteiger partial charge in [-0.3, -0.25) is 10.1 Å². The Morgan fingerprint density at radius 3 is 3.29 bits per heavy atom. The van der Waals surface area contributed by atoms with Crippen molar-refractivity contribution in [1.82, 2.24) is 10.6 Å². The molecule has 2 rings (SSSR count). The lowest BCUT2D eigenvalue weighted by atomic mass is 10.3. The van der Waals surface area contributed by atoms with Crippen LogP contribution in [0, 0.1) is 0 Å². The third kappa shape index (κ3) is 2.50. The SMILES string of the molecule is O=C(NCc1ccsc1)C1CSCN1. The Morgan fingerprint density at radius 2 is 2.64 bits per heavy atom. The van der Waals surface area contributed by atoms with Crippen LogP contribution >= 0.6 is 23.1 Å². The standard InChI is InChI=1S/C9H12N2OS2/c12-9(8-5-14-6-11-8)10-3-7-1-2-13-4-7/h1-2,4,8,11H,3,5-6H2,(H,10,12). The Bertz CT molecular complexity index is 294. The monoisotopic (exact) mass is 228 g/mol. The zero-order valence-corrected chi connectivity index (χ0v) is 9.29. The Kier molecular flexibility index (Phi) is 3.44. The van der Waals surface area contributed by atoms with Crippen molar-refractivity contribution >= 4 is 29.0 Å². The molecule has 3 nitrogen and oxygen atoms in total. The van der Waals surface area contributed by atoms with Crippen LogP contribution in [0.1, 0.15) is 5.56 Å². The van der Waals surface area contributed by atoms with Crippen molar-refractivity contribution in [1.29, 1.82) is 0 Å². The zero-order chi connectivity index (χ0) is 9.80. The summed E-state index contributed by atoms with van der Waals surface area (Å²) in [7, 11) is 0. The van der Waals surface area contributed by atoms with E-state index in [9.17, 15) is 4.79 Å². The van der Waals surface area contributed by atoms with Crippen molar-refractivity contribution in [2.24, 2.45) is 0 Å². The lowest BCUT2D eigenvalue weighted by Crippen LogP contribution is -2.41. The van der Waals surface area contributed by atoms with Gasteiger partial charge in [0.05, 0.1) is 6.04 Å². The second-order valence-corrected chi connectivity index (χ2v) is 4.93. The number of thioether (sulfide) groups is 1. The third-order valence-corrected chi connectivity index (χ3v) is 3.75. The molecule has 0 aliphatic carbocycles. The first kappa shape index (κ1) is 10.0. The predicted molar refractivity (Wildman–Crippen MR) is 60.4 cm³/mol. The van der Waals surface area contributed by atoms with E-state index in [2.05, 4.69) is 16.0 Å². The van der Waals surface area contributed by atoms with E-state index in [1.165, 1.54) is 5.56 Å². The van der Waals surface area contributed by atoms with Crippen LogP contribution in [0.25, 0.3) is 0 Å². The van der Waals surface area contributed by atoms with Crippen LogP contribution in [0.5, 0.6) is 0 Å². The molecule has 1 aromatic heterocycles. The molecule has 5 heteroatoms. The van der Waals surface area contributed by atoms with Crippen LogP contribution in [0.4, 0.5) is 0 Å². The minimum atomic E-state index is -0.00126. The van der Waals surface area contributed by atoms with E-state index in [1.807, 2.05) is 11.4 Å². The molecule has 14 heavy (non-hydrogen) atoms. The summed E-state index contributed by atoms with van der Waals surface area (Å²) < 4.78 is 0. The number of hydrogen-bond acceptors (Lipinski definition) is 4. The maximum Gasteiger partial charge on any atom is 0.238 e. The normalized spacial score (nSPS) is 21.0. The summed E-state index contributed by atoms with van der Waals surface area (Å²) in [6.07, 6.45) is 0. The van der Waals surface area contributed by atoms with E-state index in [0.29, 0.717) is 6.54 Å². The van der Waals surface area contributed by atoms with E-state index < -0.39 is 0 Å². The van der Waals surface area contributed by atoms with Gasteiger partial charge in [0.1, 0.15) is 0 Å². The first-order valence-corrected chi connectivity index (χ1v) is 6.56. The highest BCUT2D eigenvalue weighted by molar-refractivity contribution is 7.99. The minimum Gasteiger partial charge on any atom is -0.351 e. The van der Waals surface area contributed by atoms with E-state index >= 15 is 0 Å². The molecule has 1 aliphatic rings. The molecule has 1 aromatic rings. The van der Waals surface area contributed by atoms with E-state index in [0.717, 1.165) is 11.6 Å². The second-order valence-electron chi connectivity index (χ2n) is 3.12. The smallest absolute Gasteiger partial charge is 0.238 e. The van der Waals surface area contributed by atoms with Crippen LogP contribution in [0.15, 0.2) is 16.8 Å². The molecule has 1 atom stereocenters. The molecule has 0 aromatic carbocycles. The molecule has 2 heterocycles. The maximum atomic E-state index is 11.6. The van der Waals surface area contributed by atoms with E-state index in [4.69, 9.17) is 0 Å². The summed E-state index contributed by atoms with van der Waals surface area (Å²) in [6.45, 7) is 0.644. The third-order valence-electron chi connectivity index (χ3n) is 2.08. The average molecular weight is 228 g/mol. The fourth-order valence-electron chi connectivity index (χ4n) is 1.27. The molecule has 0 spiro atoms. The Labute approximate surface area is 91.3 Å². The van der Waals surface area contributed by atoms with Crippen molar-refractivity contribution < 1.29 is 4.79 Å². The van der Waals surface area contributed by atoms with Crippen LogP contribution < -0.4 is 10.6 Å². The van der Waals surface area contributed by atoms with Crippen molar-refractivity contribution in [3.05, 3.63) is 22.4 Å². The summed E-state index contributed by atoms with van der Waals surface area (Å²) in [6, 6.07) is 2.03. The summed E-state index contributed by atoms with van der Waals surface area (Å²) in [5.74, 6) is 1.88. The van der Waals surface area contributed by atoms with Gasteiger partial charge < -0.3 is 5.32 Å². The molecule has 0 bridgehead atoms. The van der Waals surface area contributed by atoms with Crippen molar-refractivity contribution in [2.45, 2.75) is 12.6 Å². The van der Waals surface area contributed by atoms with Gasteiger partial charge in [-0.15, -0.1) is 11.8 Å². The molecule has 76 valence electrons. The van der Waals surface area contributed by atoms with Gasteiger partial charge in [-0.25, -0.2) is 0 Å². The average Bonchev–Trinajstić information content (AvgIpc) is 2.87. The van der Waals surface area contributed by atoms with Crippen LogP contribution in [0.2, 0.25) is 0 Å². The van der Waals surface area contributed by atoms with Crippen LogP contribution in [-0.4, -0.2) is 23.6 Å². The zero-order valence-electron chi connectivity index (χ0n) is 7.66. The van der Waals surface area contributed by atoms with Crippen molar-refractivity contribution in [3.63, 3.8) is 0 Å². The van der Waals surface area contributed by atoms with Gasteiger partial charge in [-0.1, -0.05) is 0 Å². The van der Waals surface area contributed by atoms with Gasteiger partial charge in [0, 0.05) is 18.2 Å². The Morgan fingerprint density at radius 1 is 1.71 bits per heavy atom. The van der Waals surface area contributed by atoms with Gasteiger partial charge in [0.25, 0.3) is 0 Å². The fraction of sp³-hybridized carbons (Fsp3) is 0.444. The van der Waals surface area contributed by atoms with Gasteiger partial charge in [-0.05, 0) is 22.4 Å². The van der Waals surface area contributed by atoms with Crippen LogP contribution in [-0.2, 0) is 11.3 Å². The minimum absolute atomic E-state index is 0.00126. The molecule has 1 saturated heterocycles. The molecular formula is C9H12N2OS2. The van der Waals surface area contributed by atoms with Crippen molar-refractivity contribution in [2.75, 3.05) is 11.6 Å². The molecule has 0 saturated carbocycles. The number of rotatable bonds is 3. The van der Waals surface area contributed by atoms with Gasteiger partial charge in [0.2, 0.25) is 5.91 Å². The highest BCUT2D eigenvalue weighted by Gasteiger charge is 2.21. The summed E-state index contributed by atoms with van der Waals surface area (Å²) in [5, 5.41) is 10.1. The molecule has 1 fully saturated rings. The number of carbonyl (C=O) groups is 1.